The molecule has 4 heteroatoms. The number of nitrogens with one attached hydrogen (secondary N) is 1. The Morgan fingerprint density at radius 1 is 1.16 bits per heavy atom. The second-order valence-electron chi connectivity index (χ2n) is 5.47. The molecule has 2 atom stereocenters. The Morgan fingerprint density at radius 2 is 1.68 bits per heavy atom. The predicted octanol–water partition coefficient (Wildman–Crippen LogP) is 3.11. The molecular weight excluding hydrogens is 256 g/mol. The second kappa shape index (κ2) is 5.88. The predicted molar refractivity (Wildman–Crippen MR) is 83.7 cm³/mol. The third-order valence-electron chi connectivity index (χ3n) is 3.18. The largest absolute Gasteiger partial charge is 0.372 e. The molecule has 1 fully saturated rings. The summed E-state index contributed by atoms with van der Waals surface area (Å²) in [6, 6.07) is 6.40. The average Bonchev–Trinajstić information content (AvgIpc) is 2.25. The van der Waals surface area contributed by atoms with E-state index < -0.39 is 0 Å². The van der Waals surface area contributed by atoms with Gasteiger partial charge in [-0.3, -0.25) is 0 Å². The van der Waals surface area contributed by atoms with E-state index in [0.29, 0.717) is 0 Å². The fraction of sp³-hybridized carbons (Fsp3) is 0.533. The zero-order valence-corrected chi connectivity index (χ0v) is 12.9. The number of anilines is 1. The van der Waals surface area contributed by atoms with Crippen LogP contribution in [0.25, 0.3) is 0 Å². The summed E-state index contributed by atoms with van der Waals surface area (Å²) in [4.78, 5) is 2.19. The molecule has 1 saturated heterocycles. The molecule has 1 aromatic carbocycles. The van der Waals surface area contributed by atoms with Gasteiger partial charge in [0, 0.05) is 18.8 Å². The Balaban J connectivity index is 2.04. The highest BCUT2D eigenvalue weighted by Gasteiger charge is 2.23. The van der Waals surface area contributed by atoms with Gasteiger partial charge in [-0.15, -0.1) is 0 Å². The summed E-state index contributed by atoms with van der Waals surface area (Å²) in [6.45, 7) is 10.1. The van der Waals surface area contributed by atoms with Gasteiger partial charge in [-0.05, 0) is 63.2 Å². The maximum absolute atomic E-state index is 5.73. The maximum atomic E-state index is 5.73. The molecule has 104 valence electrons. The molecule has 0 saturated carbocycles. The summed E-state index contributed by atoms with van der Waals surface area (Å²) < 4.78 is 5.73. The molecule has 1 heterocycles. The number of hydrogen-bond donors (Lipinski definition) is 1. The number of thiocarbonyl (C=S) groups is 1. The maximum Gasteiger partial charge on any atom is 0.173 e. The van der Waals surface area contributed by atoms with Gasteiger partial charge in [-0.25, -0.2) is 0 Å². The summed E-state index contributed by atoms with van der Waals surface area (Å²) in [5.41, 5.74) is 3.55. The van der Waals surface area contributed by atoms with Crippen LogP contribution >= 0.6 is 12.2 Å². The van der Waals surface area contributed by atoms with Gasteiger partial charge < -0.3 is 15.0 Å². The van der Waals surface area contributed by atoms with E-state index in [1.807, 2.05) is 0 Å². The van der Waals surface area contributed by atoms with Crippen LogP contribution in [-0.2, 0) is 4.74 Å². The van der Waals surface area contributed by atoms with Crippen LogP contribution in [0.15, 0.2) is 18.2 Å². The molecule has 1 aliphatic heterocycles. The van der Waals surface area contributed by atoms with Crippen molar-refractivity contribution in [1.82, 2.24) is 4.90 Å². The van der Waals surface area contributed by atoms with Crippen molar-refractivity contribution in [3.05, 3.63) is 29.3 Å². The Bertz CT molecular complexity index is 445. The zero-order valence-electron chi connectivity index (χ0n) is 12.1. The van der Waals surface area contributed by atoms with Crippen LogP contribution in [0, 0.1) is 13.8 Å². The van der Waals surface area contributed by atoms with Crippen LogP contribution in [0.5, 0.6) is 0 Å². The van der Waals surface area contributed by atoms with Gasteiger partial charge in [0.15, 0.2) is 5.11 Å². The van der Waals surface area contributed by atoms with Crippen molar-refractivity contribution in [2.24, 2.45) is 0 Å². The molecular formula is C15H22N2OS. The lowest BCUT2D eigenvalue weighted by Gasteiger charge is -2.37. The first-order chi connectivity index (χ1) is 8.94. The number of nitrogens with zero attached hydrogens (tertiary/aromatic N) is 1. The van der Waals surface area contributed by atoms with Crippen molar-refractivity contribution in [2.45, 2.75) is 39.9 Å². The molecule has 19 heavy (non-hydrogen) atoms. The Hall–Kier alpha value is -1.13. The van der Waals surface area contributed by atoms with Gasteiger partial charge in [-0.2, -0.15) is 0 Å². The first kappa shape index (κ1) is 14.3. The monoisotopic (exact) mass is 278 g/mol. The molecule has 0 radical (unpaired) electrons. The van der Waals surface area contributed by atoms with E-state index in [1.165, 1.54) is 11.1 Å². The second-order valence-corrected chi connectivity index (χ2v) is 5.86. The molecule has 3 nitrogen and oxygen atoms in total. The zero-order chi connectivity index (χ0) is 14.0. The Kier molecular flexibility index (Phi) is 4.42. The van der Waals surface area contributed by atoms with Crippen molar-refractivity contribution < 1.29 is 4.74 Å². The number of morpholine rings is 1. The van der Waals surface area contributed by atoms with E-state index in [2.05, 4.69) is 56.1 Å². The van der Waals surface area contributed by atoms with E-state index in [1.54, 1.807) is 0 Å². The van der Waals surface area contributed by atoms with E-state index >= 15 is 0 Å². The lowest BCUT2D eigenvalue weighted by molar-refractivity contribution is -0.0473. The van der Waals surface area contributed by atoms with Crippen LogP contribution in [-0.4, -0.2) is 35.3 Å². The van der Waals surface area contributed by atoms with Crippen LogP contribution in [0.4, 0.5) is 5.69 Å². The van der Waals surface area contributed by atoms with E-state index in [-0.39, 0.29) is 12.2 Å². The van der Waals surface area contributed by atoms with Gasteiger partial charge in [0.1, 0.15) is 0 Å². The fourth-order valence-corrected chi connectivity index (χ4v) is 2.86. The van der Waals surface area contributed by atoms with E-state index in [9.17, 15) is 0 Å². The van der Waals surface area contributed by atoms with Crippen molar-refractivity contribution in [3.63, 3.8) is 0 Å². The normalized spacial score (nSPS) is 23.3. The molecule has 1 aliphatic rings. The van der Waals surface area contributed by atoms with Crippen LogP contribution < -0.4 is 5.32 Å². The van der Waals surface area contributed by atoms with Crippen molar-refractivity contribution >= 4 is 23.0 Å². The lowest BCUT2D eigenvalue weighted by atomic mass is 10.1. The molecule has 0 bridgehead atoms. The van der Waals surface area contributed by atoms with E-state index in [4.69, 9.17) is 17.0 Å². The van der Waals surface area contributed by atoms with Gasteiger partial charge >= 0.3 is 0 Å². The Labute approximate surface area is 120 Å². The Morgan fingerprint density at radius 3 is 2.21 bits per heavy atom. The minimum absolute atomic E-state index is 0.225. The summed E-state index contributed by atoms with van der Waals surface area (Å²) in [7, 11) is 0. The van der Waals surface area contributed by atoms with E-state index in [0.717, 1.165) is 23.9 Å². The average molecular weight is 278 g/mol. The minimum atomic E-state index is 0.225. The van der Waals surface area contributed by atoms with Crippen molar-refractivity contribution in [1.29, 1.82) is 0 Å². The summed E-state index contributed by atoms with van der Waals surface area (Å²) in [5, 5.41) is 4.12. The summed E-state index contributed by atoms with van der Waals surface area (Å²) >= 11 is 5.51. The highest BCUT2D eigenvalue weighted by molar-refractivity contribution is 7.80. The third kappa shape index (κ3) is 3.91. The summed E-state index contributed by atoms with van der Waals surface area (Å²) in [6.07, 6.45) is 0.450. The molecule has 1 N–H and O–H groups in total. The van der Waals surface area contributed by atoms with Crippen LogP contribution in [0.1, 0.15) is 25.0 Å². The quantitative estimate of drug-likeness (QED) is 0.798. The molecule has 0 aliphatic carbocycles. The van der Waals surface area contributed by atoms with Gasteiger partial charge in [0.05, 0.1) is 12.2 Å². The van der Waals surface area contributed by atoms with Crippen LogP contribution in [0.3, 0.4) is 0 Å². The van der Waals surface area contributed by atoms with Gasteiger partial charge in [0.25, 0.3) is 0 Å². The highest BCUT2D eigenvalue weighted by Crippen LogP contribution is 2.16. The topological polar surface area (TPSA) is 24.5 Å². The lowest BCUT2D eigenvalue weighted by Crippen LogP contribution is -2.49. The number of benzene rings is 1. The standard InChI is InChI=1S/C15H22N2OS/c1-10-5-11(2)7-14(6-10)16-15(19)17-8-12(3)18-13(4)9-17/h5-7,12-13H,8-9H2,1-4H3,(H,16,19)/t12-,13-/m0/s1. The molecule has 0 aromatic heterocycles. The first-order valence-electron chi connectivity index (χ1n) is 6.73. The molecule has 0 spiro atoms. The molecule has 0 unspecified atom stereocenters. The number of ether oxygens (including phenoxy) is 1. The smallest absolute Gasteiger partial charge is 0.173 e. The summed E-state index contributed by atoms with van der Waals surface area (Å²) in [5.74, 6) is 0. The van der Waals surface area contributed by atoms with Crippen molar-refractivity contribution in [3.8, 4) is 0 Å². The SMILES string of the molecule is Cc1cc(C)cc(NC(=S)N2C[C@H](C)O[C@@H](C)C2)c1. The molecule has 2 rings (SSSR count). The number of rotatable bonds is 1. The van der Waals surface area contributed by atoms with Gasteiger partial charge in [0.2, 0.25) is 0 Å². The minimum Gasteiger partial charge on any atom is -0.372 e. The van der Waals surface area contributed by atoms with Crippen molar-refractivity contribution in [2.75, 3.05) is 18.4 Å². The molecule has 1 aromatic rings. The number of hydrogen-bond acceptors (Lipinski definition) is 2. The third-order valence-corrected chi connectivity index (χ3v) is 3.54. The van der Waals surface area contributed by atoms with Crippen LogP contribution in [0.2, 0.25) is 0 Å². The number of aryl methyl sites for hydroxylation is 2. The first-order valence-corrected chi connectivity index (χ1v) is 7.14. The molecule has 0 amide bonds. The highest BCUT2D eigenvalue weighted by atomic mass is 32.1. The van der Waals surface area contributed by atoms with Gasteiger partial charge in [-0.1, -0.05) is 6.07 Å². The fourth-order valence-electron chi connectivity index (χ4n) is 2.59.